The van der Waals surface area contributed by atoms with Crippen LogP contribution >= 0.6 is 0 Å². The lowest BCUT2D eigenvalue weighted by Gasteiger charge is -2.40. The summed E-state index contributed by atoms with van der Waals surface area (Å²) in [6, 6.07) is 0. The molecule has 0 aliphatic rings. The number of Topliss-reactive ketones (excluding diaryl/α,β-unsaturated/α-hetero) is 1. The van der Waals surface area contributed by atoms with Crippen LogP contribution in [0.25, 0.3) is 0 Å². The van der Waals surface area contributed by atoms with Crippen LogP contribution in [0.15, 0.2) is 0 Å². The summed E-state index contributed by atoms with van der Waals surface area (Å²) in [5.74, 6) is 0.169. The van der Waals surface area contributed by atoms with Gasteiger partial charge in [0, 0.05) is 12.3 Å². The molecular formula is C18H38O3Si. The lowest BCUT2D eigenvalue weighted by Crippen LogP contribution is -2.46. The third kappa shape index (κ3) is 6.13. The first-order valence-corrected chi connectivity index (χ1v) is 11.5. The van der Waals surface area contributed by atoms with Crippen molar-refractivity contribution < 1.29 is 14.3 Å². The second-order valence-corrected chi connectivity index (χ2v) is 13.6. The molecule has 0 saturated carbocycles. The maximum atomic E-state index is 12.5. The van der Waals surface area contributed by atoms with Gasteiger partial charge in [0.15, 0.2) is 8.32 Å². The van der Waals surface area contributed by atoms with Gasteiger partial charge in [-0.1, -0.05) is 55.4 Å². The summed E-state index contributed by atoms with van der Waals surface area (Å²) in [6.45, 7) is 21.0. The minimum Gasteiger partial charge on any atom is -0.413 e. The molecule has 0 spiro atoms. The zero-order chi connectivity index (χ0) is 17.9. The molecule has 0 aliphatic carbocycles. The van der Waals surface area contributed by atoms with Crippen LogP contribution in [0.5, 0.6) is 0 Å². The second-order valence-electron chi connectivity index (χ2n) is 8.85. The van der Waals surface area contributed by atoms with Gasteiger partial charge in [0.05, 0.1) is 12.2 Å². The van der Waals surface area contributed by atoms with Crippen LogP contribution in [-0.2, 0) is 9.22 Å². The van der Waals surface area contributed by atoms with Gasteiger partial charge in [-0.15, -0.1) is 0 Å². The van der Waals surface area contributed by atoms with Gasteiger partial charge in [0.2, 0.25) is 0 Å². The lowest BCUT2D eigenvalue weighted by atomic mass is 9.88. The Labute approximate surface area is 139 Å². The largest absolute Gasteiger partial charge is 0.413 e. The number of carbonyl (C=O) groups is 1. The van der Waals surface area contributed by atoms with Crippen LogP contribution in [0.2, 0.25) is 18.1 Å². The van der Waals surface area contributed by atoms with Crippen LogP contribution in [0.3, 0.4) is 0 Å². The maximum absolute atomic E-state index is 12.5. The molecule has 0 aromatic rings. The van der Waals surface area contributed by atoms with E-state index < -0.39 is 14.4 Å². The molecule has 1 N–H and O–H groups in total. The molecule has 132 valence electrons. The number of carbonyl (C=O) groups excluding carboxylic acids is 1. The van der Waals surface area contributed by atoms with Crippen molar-refractivity contribution in [2.24, 2.45) is 17.8 Å². The molecular weight excluding hydrogens is 292 g/mol. The zero-order valence-corrected chi connectivity index (χ0v) is 17.4. The van der Waals surface area contributed by atoms with E-state index in [1.807, 2.05) is 20.8 Å². The molecule has 3 nitrogen and oxygen atoms in total. The minimum atomic E-state index is -1.90. The molecule has 0 radical (unpaired) electrons. The third-order valence-corrected chi connectivity index (χ3v) is 9.61. The Kier molecular flexibility index (Phi) is 8.00. The fraction of sp³-hybridized carbons (Fsp3) is 0.944. The first-order valence-electron chi connectivity index (χ1n) is 8.59. The van der Waals surface area contributed by atoms with Gasteiger partial charge in [-0.2, -0.15) is 0 Å². The predicted octanol–water partition coefficient (Wildman–Crippen LogP) is 4.65. The third-order valence-electron chi connectivity index (χ3n) is 5.10. The standard InChI is InChI=1S/C18H38O3Si/c1-12(2)16(21-22(9,10)18(6,7)8)11-15(19)14(5)17(20)13(3)4/h12-14,16-17,20H,11H2,1-10H3/t14-,16+,17+/m1/s1. The van der Waals surface area contributed by atoms with E-state index >= 15 is 0 Å². The summed E-state index contributed by atoms with van der Waals surface area (Å²) in [5, 5.41) is 10.3. The van der Waals surface area contributed by atoms with Crippen LogP contribution in [0.1, 0.15) is 61.8 Å². The number of hydrogen-bond acceptors (Lipinski definition) is 3. The van der Waals surface area contributed by atoms with Crippen molar-refractivity contribution in [2.75, 3.05) is 0 Å². The molecule has 0 aliphatic heterocycles. The number of rotatable bonds is 8. The van der Waals surface area contributed by atoms with Crippen molar-refractivity contribution in [1.29, 1.82) is 0 Å². The molecule has 0 aromatic carbocycles. The Morgan fingerprint density at radius 3 is 1.82 bits per heavy atom. The molecule has 0 heterocycles. The number of ketones is 1. The molecule has 4 heteroatoms. The van der Waals surface area contributed by atoms with Crippen LogP contribution < -0.4 is 0 Å². The second kappa shape index (κ2) is 8.07. The Balaban J connectivity index is 4.98. The van der Waals surface area contributed by atoms with Crippen LogP contribution in [0.4, 0.5) is 0 Å². The average Bonchev–Trinajstić information content (AvgIpc) is 2.33. The minimum absolute atomic E-state index is 0.0600. The summed E-state index contributed by atoms with van der Waals surface area (Å²) < 4.78 is 6.46. The predicted molar refractivity (Wildman–Crippen MR) is 96.5 cm³/mol. The number of aliphatic hydroxyl groups excluding tert-OH is 1. The van der Waals surface area contributed by atoms with Crippen LogP contribution in [-0.4, -0.2) is 31.4 Å². The number of hydrogen-bond donors (Lipinski definition) is 1. The first kappa shape index (κ1) is 21.8. The molecule has 0 bridgehead atoms. The van der Waals surface area contributed by atoms with E-state index in [1.165, 1.54) is 0 Å². The van der Waals surface area contributed by atoms with Crippen molar-refractivity contribution in [3.05, 3.63) is 0 Å². The quantitative estimate of drug-likeness (QED) is 0.659. The molecule has 0 amide bonds. The highest BCUT2D eigenvalue weighted by molar-refractivity contribution is 6.74. The van der Waals surface area contributed by atoms with Crippen molar-refractivity contribution in [3.8, 4) is 0 Å². The zero-order valence-electron chi connectivity index (χ0n) is 16.4. The Hall–Kier alpha value is -0.193. The maximum Gasteiger partial charge on any atom is 0.192 e. The Morgan fingerprint density at radius 1 is 1.05 bits per heavy atom. The lowest BCUT2D eigenvalue weighted by molar-refractivity contribution is -0.129. The van der Waals surface area contributed by atoms with E-state index in [-0.39, 0.29) is 28.8 Å². The van der Waals surface area contributed by atoms with Crippen molar-refractivity contribution in [3.63, 3.8) is 0 Å². The van der Waals surface area contributed by atoms with Crippen molar-refractivity contribution in [2.45, 2.75) is 92.2 Å². The van der Waals surface area contributed by atoms with Gasteiger partial charge in [0.1, 0.15) is 5.78 Å². The topological polar surface area (TPSA) is 46.5 Å². The molecule has 0 rings (SSSR count). The highest BCUT2D eigenvalue weighted by Gasteiger charge is 2.40. The van der Waals surface area contributed by atoms with Gasteiger partial charge in [-0.25, -0.2) is 0 Å². The van der Waals surface area contributed by atoms with Crippen molar-refractivity contribution >= 4 is 14.1 Å². The fourth-order valence-corrected chi connectivity index (χ4v) is 3.59. The van der Waals surface area contributed by atoms with Gasteiger partial charge in [0.25, 0.3) is 0 Å². The summed E-state index contributed by atoms with van der Waals surface area (Å²) >= 11 is 0. The van der Waals surface area contributed by atoms with E-state index in [1.54, 1.807) is 0 Å². The molecule has 0 saturated heterocycles. The highest BCUT2D eigenvalue weighted by Crippen LogP contribution is 2.38. The summed E-state index contributed by atoms with van der Waals surface area (Å²) in [4.78, 5) is 12.5. The van der Waals surface area contributed by atoms with E-state index in [4.69, 9.17) is 4.43 Å². The summed E-state index contributed by atoms with van der Waals surface area (Å²) in [7, 11) is -1.90. The van der Waals surface area contributed by atoms with E-state index in [0.717, 1.165) is 0 Å². The smallest absolute Gasteiger partial charge is 0.192 e. The first-order chi connectivity index (χ1) is 9.70. The highest BCUT2D eigenvalue weighted by atomic mass is 28.4. The van der Waals surface area contributed by atoms with Gasteiger partial charge in [-0.05, 0) is 30.0 Å². The van der Waals surface area contributed by atoms with Gasteiger partial charge >= 0.3 is 0 Å². The average molecular weight is 331 g/mol. The number of aliphatic hydroxyl groups is 1. The Morgan fingerprint density at radius 2 is 1.50 bits per heavy atom. The Bertz CT molecular complexity index is 356. The monoisotopic (exact) mass is 330 g/mol. The van der Waals surface area contributed by atoms with E-state index in [9.17, 15) is 9.90 Å². The molecule has 22 heavy (non-hydrogen) atoms. The summed E-state index contributed by atoms with van der Waals surface area (Å²) in [6.07, 6.45) is -0.238. The molecule has 0 unspecified atom stereocenters. The normalized spacial score (nSPS) is 17.7. The fourth-order valence-electron chi connectivity index (χ4n) is 2.12. The van der Waals surface area contributed by atoms with E-state index in [2.05, 4.69) is 47.7 Å². The van der Waals surface area contributed by atoms with Crippen molar-refractivity contribution in [1.82, 2.24) is 0 Å². The van der Waals surface area contributed by atoms with Gasteiger partial charge < -0.3 is 9.53 Å². The SMILES string of the molecule is CC(C)[C@H](CC(=O)[C@@H](C)[C@@H](O)C(C)C)O[Si](C)(C)C(C)(C)C. The summed E-state index contributed by atoms with van der Waals surface area (Å²) in [5.41, 5.74) is 0. The molecule has 0 fully saturated rings. The van der Waals surface area contributed by atoms with E-state index in [0.29, 0.717) is 12.3 Å². The van der Waals surface area contributed by atoms with Crippen LogP contribution in [0, 0.1) is 17.8 Å². The van der Waals surface area contributed by atoms with Gasteiger partial charge in [-0.3, -0.25) is 4.79 Å². The molecule has 0 aromatic heterocycles. The molecule has 3 atom stereocenters.